The summed E-state index contributed by atoms with van der Waals surface area (Å²) in [5.74, 6) is -3.41. The highest BCUT2D eigenvalue weighted by Gasteiger charge is 2.31. The van der Waals surface area contributed by atoms with Gasteiger partial charge in [0.1, 0.15) is 11.6 Å². The molecule has 10 heteroatoms. The number of carbonyl (C=O) groups is 2. The average molecular weight is 429 g/mol. The van der Waals surface area contributed by atoms with Gasteiger partial charge in [-0.05, 0) is 39.3 Å². The molecular formula is C21H21F2N5O3. The number of nitrogens with one attached hydrogen (secondary N) is 1. The number of hydrogen-bond donors (Lipinski definition) is 1. The number of halogens is 2. The predicted molar refractivity (Wildman–Crippen MR) is 107 cm³/mol. The van der Waals surface area contributed by atoms with Crippen molar-refractivity contribution in [2.24, 2.45) is 0 Å². The molecule has 1 unspecified atom stereocenters. The number of amides is 2. The predicted octanol–water partition coefficient (Wildman–Crippen LogP) is 3.41. The van der Waals surface area contributed by atoms with Gasteiger partial charge < -0.3 is 14.6 Å². The molecule has 1 aliphatic rings. The fourth-order valence-corrected chi connectivity index (χ4v) is 3.82. The molecule has 8 nitrogen and oxygen atoms in total. The van der Waals surface area contributed by atoms with Crippen molar-refractivity contribution in [3.8, 4) is 0 Å². The quantitative estimate of drug-likeness (QED) is 0.686. The molecule has 162 valence electrons. The van der Waals surface area contributed by atoms with E-state index in [1.807, 2.05) is 24.6 Å². The summed E-state index contributed by atoms with van der Waals surface area (Å²) in [5, 5.41) is 6.77. The Morgan fingerprint density at radius 2 is 1.94 bits per heavy atom. The van der Waals surface area contributed by atoms with Crippen LogP contribution in [0.15, 0.2) is 29.0 Å². The summed E-state index contributed by atoms with van der Waals surface area (Å²) in [6.07, 6.45) is 1.76. The van der Waals surface area contributed by atoms with Gasteiger partial charge in [-0.1, -0.05) is 0 Å². The summed E-state index contributed by atoms with van der Waals surface area (Å²) in [4.78, 5) is 30.6. The lowest BCUT2D eigenvalue weighted by molar-refractivity contribution is 0.0781. The smallest absolute Gasteiger partial charge is 0.293 e. The van der Waals surface area contributed by atoms with Crippen molar-refractivity contribution in [2.45, 2.75) is 33.2 Å². The van der Waals surface area contributed by atoms with Gasteiger partial charge in [-0.3, -0.25) is 14.3 Å². The fourth-order valence-electron chi connectivity index (χ4n) is 3.82. The van der Waals surface area contributed by atoms with Crippen molar-refractivity contribution in [3.63, 3.8) is 0 Å². The summed E-state index contributed by atoms with van der Waals surface area (Å²) < 4.78 is 35.6. The molecule has 3 heterocycles. The lowest BCUT2D eigenvalue weighted by atomic mass is 10.1. The van der Waals surface area contributed by atoms with Crippen LogP contribution in [0.4, 0.5) is 14.5 Å². The van der Waals surface area contributed by atoms with E-state index >= 15 is 0 Å². The molecule has 1 atom stereocenters. The van der Waals surface area contributed by atoms with Gasteiger partial charge in [0.2, 0.25) is 5.76 Å². The van der Waals surface area contributed by atoms with Crippen molar-refractivity contribution in [1.82, 2.24) is 19.7 Å². The minimum Gasteiger partial charge on any atom is -0.438 e. The van der Waals surface area contributed by atoms with Gasteiger partial charge >= 0.3 is 0 Å². The van der Waals surface area contributed by atoms with E-state index < -0.39 is 23.4 Å². The number of likely N-dealkylation sites (tertiary alicyclic amines) is 1. The molecule has 1 fully saturated rings. The molecule has 0 saturated carbocycles. The van der Waals surface area contributed by atoms with Crippen LogP contribution in [0.25, 0.3) is 0 Å². The van der Waals surface area contributed by atoms with E-state index in [4.69, 9.17) is 4.42 Å². The van der Waals surface area contributed by atoms with E-state index in [0.717, 1.165) is 23.8 Å². The molecule has 1 saturated heterocycles. The van der Waals surface area contributed by atoms with E-state index in [1.54, 1.807) is 6.92 Å². The van der Waals surface area contributed by atoms with Gasteiger partial charge in [0, 0.05) is 24.8 Å². The SMILES string of the molecule is Cc1cc(C)n(C2CCN(C(=O)c3cc(NC(=O)c4ocnc4C)c(F)cc3F)C2)n1. The zero-order valence-electron chi connectivity index (χ0n) is 17.3. The number of benzene rings is 1. The number of hydrogen-bond acceptors (Lipinski definition) is 5. The van der Waals surface area contributed by atoms with Crippen LogP contribution in [-0.4, -0.2) is 44.6 Å². The number of aromatic nitrogens is 3. The highest BCUT2D eigenvalue weighted by Crippen LogP contribution is 2.27. The maximum atomic E-state index is 14.5. The number of carbonyl (C=O) groups excluding carboxylic acids is 2. The highest BCUT2D eigenvalue weighted by atomic mass is 19.1. The first-order valence-electron chi connectivity index (χ1n) is 9.77. The molecule has 31 heavy (non-hydrogen) atoms. The zero-order chi connectivity index (χ0) is 22.3. The first-order valence-corrected chi connectivity index (χ1v) is 9.77. The fraction of sp³-hybridized carbons (Fsp3) is 0.333. The topological polar surface area (TPSA) is 93.3 Å². The lowest BCUT2D eigenvalue weighted by Gasteiger charge is -2.18. The second kappa shape index (κ2) is 7.93. The van der Waals surface area contributed by atoms with Crippen molar-refractivity contribution >= 4 is 17.5 Å². The number of anilines is 1. The zero-order valence-corrected chi connectivity index (χ0v) is 17.3. The van der Waals surface area contributed by atoms with E-state index in [-0.39, 0.29) is 23.1 Å². The summed E-state index contributed by atoms with van der Waals surface area (Å²) in [5.41, 5.74) is 1.55. The van der Waals surface area contributed by atoms with Gasteiger partial charge in [0.25, 0.3) is 11.8 Å². The molecule has 0 aliphatic carbocycles. The van der Waals surface area contributed by atoms with Gasteiger partial charge in [-0.2, -0.15) is 5.10 Å². The summed E-state index contributed by atoms with van der Waals surface area (Å²) in [6, 6.07) is 3.53. The van der Waals surface area contributed by atoms with Crippen LogP contribution in [0.5, 0.6) is 0 Å². The van der Waals surface area contributed by atoms with Crippen LogP contribution in [0.2, 0.25) is 0 Å². The van der Waals surface area contributed by atoms with Crippen molar-refractivity contribution in [3.05, 3.63) is 64.6 Å². The third kappa shape index (κ3) is 3.92. The maximum absolute atomic E-state index is 14.5. The maximum Gasteiger partial charge on any atom is 0.293 e. The van der Waals surface area contributed by atoms with Gasteiger partial charge in [-0.25, -0.2) is 13.8 Å². The molecule has 1 aromatic carbocycles. The number of aryl methyl sites for hydroxylation is 3. The average Bonchev–Trinajstić information content (AvgIpc) is 3.43. The summed E-state index contributed by atoms with van der Waals surface area (Å²) in [6.45, 7) is 6.16. The molecular weight excluding hydrogens is 408 g/mol. The monoisotopic (exact) mass is 429 g/mol. The highest BCUT2D eigenvalue weighted by molar-refractivity contribution is 6.04. The van der Waals surface area contributed by atoms with Crippen molar-refractivity contribution in [1.29, 1.82) is 0 Å². The Labute approximate surface area is 176 Å². The Hall–Kier alpha value is -3.56. The van der Waals surface area contributed by atoms with Crippen LogP contribution >= 0.6 is 0 Å². The Kier molecular flexibility index (Phi) is 5.30. The Balaban J connectivity index is 1.54. The molecule has 4 rings (SSSR count). The Bertz CT molecular complexity index is 1170. The second-order valence-electron chi connectivity index (χ2n) is 7.60. The molecule has 1 aliphatic heterocycles. The standard InChI is InChI=1S/C21H21F2N5O3/c1-11-6-12(2)28(26-11)14-4-5-27(9-14)21(30)15-7-18(17(23)8-16(15)22)25-20(29)19-13(3)24-10-31-19/h6-8,10,14H,4-5,9H2,1-3H3,(H,25,29). The Morgan fingerprint density at radius 3 is 2.58 bits per heavy atom. The van der Waals surface area contributed by atoms with Gasteiger partial charge in [0.05, 0.1) is 28.7 Å². The number of rotatable bonds is 4. The first kappa shape index (κ1) is 20.7. The van der Waals surface area contributed by atoms with Gasteiger partial charge in [0.15, 0.2) is 6.39 Å². The number of nitrogens with zero attached hydrogens (tertiary/aromatic N) is 4. The normalized spacial score (nSPS) is 16.0. The molecule has 2 aromatic heterocycles. The molecule has 0 bridgehead atoms. The van der Waals surface area contributed by atoms with Gasteiger partial charge in [-0.15, -0.1) is 0 Å². The minimum absolute atomic E-state index is 0.0187. The molecule has 1 N–H and O–H groups in total. The lowest BCUT2D eigenvalue weighted by Crippen LogP contribution is -2.30. The first-order chi connectivity index (χ1) is 14.7. The van der Waals surface area contributed by atoms with Crippen LogP contribution in [-0.2, 0) is 0 Å². The second-order valence-corrected chi connectivity index (χ2v) is 7.60. The van der Waals surface area contributed by atoms with E-state index in [2.05, 4.69) is 15.4 Å². The third-order valence-electron chi connectivity index (χ3n) is 5.33. The third-order valence-corrected chi connectivity index (χ3v) is 5.33. The Morgan fingerprint density at radius 1 is 1.16 bits per heavy atom. The van der Waals surface area contributed by atoms with Crippen LogP contribution < -0.4 is 5.32 Å². The molecule has 0 spiro atoms. The van der Waals surface area contributed by atoms with E-state index in [1.165, 1.54) is 4.90 Å². The van der Waals surface area contributed by atoms with Crippen LogP contribution in [0, 0.1) is 32.4 Å². The van der Waals surface area contributed by atoms with Crippen LogP contribution in [0.1, 0.15) is 50.5 Å². The summed E-state index contributed by atoms with van der Waals surface area (Å²) in [7, 11) is 0. The molecule has 0 radical (unpaired) electrons. The van der Waals surface area contributed by atoms with Crippen molar-refractivity contribution in [2.75, 3.05) is 18.4 Å². The summed E-state index contributed by atoms with van der Waals surface area (Å²) >= 11 is 0. The van der Waals surface area contributed by atoms with E-state index in [0.29, 0.717) is 31.3 Å². The van der Waals surface area contributed by atoms with Crippen LogP contribution in [0.3, 0.4) is 0 Å². The van der Waals surface area contributed by atoms with E-state index in [9.17, 15) is 18.4 Å². The molecule has 3 aromatic rings. The molecule has 2 amide bonds. The largest absolute Gasteiger partial charge is 0.438 e. The minimum atomic E-state index is -0.999. The van der Waals surface area contributed by atoms with Crippen molar-refractivity contribution < 1.29 is 22.8 Å². The number of oxazole rings is 1.